The fourth-order valence-electron chi connectivity index (χ4n) is 6.78. The van der Waals surface area contributed by atoms with E-state index in [1.807, 2.05) is 31.4 Å². The number of nitrogens with zero attached hydrogens (tertiary/aromatic N) is 5. The number of esters is 1. The molecule has 11 amide bonds. The number of aliphatic hydroxyl groups is 1. The monoisotopic (exact) mass is 930 g/mol. The van der Waals surface area contributed by atoms with Gasteiger partial charge in [0.2, 0.25) is 17.7 Å². The van der Waals surface area contributed by atoms with Crippen molar-refractivity contribution in [1.82, 2.24) is 45.8 Å². The third-order valence-corrected chi connectivity index (χ3v) is 11.9. The molecule has 0 spiro atoms. The Bertz CT molecular complexity index is 1590. The highest BCUT2D eigenvalue weighted by molar-refractivity contribution is 8.00. The van der Waals surface area contributed by atoms with E-state index in [4.69, 9.17) is 9.47 Å². The first kappa shape index (κ1) is 57.5. The standard InChI is InChI=1S/C42H75N9O12S/c1-13-16-32(52)49(11)37(64-24-18-29(38(57)63-14-2)17-15-19-51-20-22-62-23-21-51)36(56)48(10)31(26-42(6,7)61)34(54)45-40(59)50(12)41(60)46-39(58)44-28(5)35(55)47(9)30(25-27(3)4)33(53)43-8/h27-31,37,61H,13-26H2,1-12H3,(H,43,53)(H,45,54,59)(H2,44,46,58,60)/t28-,29-,30-,31-,37+/m0/s1. The molecule has 1 saturated heterocycles. The molecule has 0 aromatic heterocycles. The van der Waals surface area contributed by atoms with Crippen LogP contribution in [0.2, 0.25) is 0 Å². The number of thioether (sulfide) groups is 1. The van der Waals surface area contributed by atoms with Crippen molar-refractivity contribution in [1.29, 1.82) is 0 Å². The van der Waals surface area contributed by atoms with E-state index < -0.39 is 76.7 Å². The lowest BCUT2D eigenvalue weighted by molar-refractivity contribution is -0.148. The predicted molar refractivity (Wildman–Crippen MR) is 241 cm³/mol. The molecule has 5 atom stereocenters. The third-order valence-electron chi connectivity index (χ3n) is 10.6. The summed E-state index contributed by atoms with van der Waals surface area (Å²) in [5.41, 5.74) is -1.56. The van der Waals surface area contributed by atoms with Gasteiger partial charge >= 0.3 is 24.1 Å². The van der Waals surface area contributed by atoms with Crippen LogP contribution in [0.15, 0.2) is 0 Å². The Hall–Kier alpha value is -4.54. The summed E-state index contributed by atoms with van der Waals surface area (Å²) in [4.78, 5) is 125. The van der Waals surface area contributed by atoms with Gasteiger partial charge in [-0.25, -0.2) is 19.3 Å². The average Bonchev–Trinajstić information content (AvgIpc) is 3.23. The Balaban J connectivity index is 3.16. The second kappa shape index (κ2) is 28.4. The number of ether oxygens (including phenoxy) is 2. The highest BCUT2D eigenvalue weighted by Gasteiger charge is 2.39. The number of carbonyl (C=O) groups is 9. The summed E-state index contributed by atoms with van der Waals surface area (Å²) in [5.74, 6) is -3.61. The van der Waals surface area contributed by atoms with Gasteiger partial charge < -0.3 is 39.9 Å². The van der Waals surface area contributed by atoms with E-state index in [1.54, 1.807) is 6.92 Å². The number of morpholine rings is 1. The highest BCUT2D eigenvalue weighted by Crippen LogP contribution is 2.26. The zero-order valence-corrected chi connectivity index (χ0v) is 40.8. The Morgan fingerprint density at radius 1 is 0.828 bits per heavy atom. The van der Waals surface area contributed by atoms with E-state index in [2.05, 4.69) is 15.5 Å². The summed E-state index contributed by atoms with van der Waals surface area (Å²) in [7, 11) is 6.59. The molecule has 1 fully saturated rings. The molecule has 0 aliphatic carbocycles. The van der Waals surface area contributed by atoms with Gasteiger partial charge in [-0.1, -0.05) is 20.8 Å². The van der Waals surface area contributed by atoms with Crippen LogP contribution in [0.1, 0.15) is 93.4 Å². The smallest absolute Gasteiger partial charge is 0.333 e. The number of likely N-dealkylation sites (N-methyl/N-ethyl adjacent to an activating group) is 4. The number of rotatable bonds is 24. The van der Waals surface area contributed by atoms with Crippen molar-refractivity contribution in [3.63, 3.8) is 0 Å². The first-order valence-corrected chi connectivity index (χ1v) is 23.0. The molecular formula is C42H75N9O12S. The fraction of sp³-hybridized carbons (Fsp3) is 0.786. The lowest BCUT2D eigenvalue weighted by atomic mass is 9.97. The summed E-state index contributed by atoms with van der Waals surface area (Å²) in [6.45, 7) is 15.4. The van der Waals surface area contributed by atoms with Crippen molar-refractivity contribution >= 4 is 65.4 Å². The number of urea groups is 3. The summed E-state index contributed by atoms with van der Waals surface area (Å²) >= 11 is 1.11. The van der Waals surface area contributed by atoms with Crippen LogP contribution in [0.3, 0.4) is 0 Å². The van der Waals surface area contributed by atoms with Gasteiger partial charge in [-0.15, -0.1) is 11.8 Å². The van der Waals surface area contributed by atoms with Gasteiger partial charge in [0.25, 0.3) is 11.8 Å². The molecule has 1 rings (SSSR count). The number of nitrogens with one attached hydrogen (secondary N) is 4. The lowest BCUT2D eigenvalue weighted by Crippen LogP contribution is -2.59. The normalized spacial score (nSPS) is 15.3. The Kier molecular flexibility index (Phi) is 25.5. The van der Waals surface area contributed by atoms with Crippen LogP contribution >= 0.6 is 11.8 Å². The Morgan fingerprint density at radius 3 is 1.97 bits per heavy atom. The zero-order chi connectivity index (χ0) is 48.9. The van der Waals surface area contributed by atoms with Crippen molar-refractivity contribution in [2.24, 2.45) is 11.8 Å². The number of amides is 11. The molecule has 1 aliphatic heterocycles. The predicted octanol–water partition coefficient (Wildman–Crippen LogP) is 1.57. The molecule has 1 aliphatic rings. The van der Waals surface area contributed by atoms with Crippen LogP contribution < -0.4 is 21.3 Å². The Morgan fingerprint density at radius 2 is 1.42 bits per heavy atom. The van der Waals surface area contributed by atoms with Crippen LogP contribution in [0.5, 0.6) is 0 Å². The van der Waals surface area contributed by atoms with Crippen molar-refractivity contribution in [3.05, 3.63) is 0 Å². The maximum Gasteiger partial charge on any atom is 0.333 e. The van der Waals surface area contributed by atoms with E-state index in [0.29, 0.717) is 43.8 Å². The average molecular weight is 930 g/mol. The molecule has 0 aromatic carbocycles. The number of hydrogen-bond acceptors (Lipinski definition) is 14. The largest absolute Gasteiger partial charge is 0.466 e. The third kappa shape index (κ3) is 19.7. The molecule has 21 nitrogen and oxygen atoms in total. The molecule has 0 bridgehead atoms. The van der Waals surface area contributed by atoms with Gasteiger partial charge in [-0.3, -0.25) is 44.3 Å². The molecule has 366 valence electrons. The minimum atomic E-state index is -1.56. The van der Waals surface area contributed by atoms with E-state index in [1.165, 1.54) is 58.8 Å². The number of imide groups is 3. The number of hydrogen-bond donors (Lipinski definition) is 5. The van der Waals surface area contributed by atoms with E-state index in [-0.39, 0.29) is 43.0 Å². The van der Waals surface area contributed by atoms with Gasteiger partial charge in [0, 0.05) is 61.2 Å². The molecule has 0 saturated carbocycles. The number of carbonyl (C=O) groups excluding carboxylic acids is 9. The van der Waals surface area contributed by atoms with Crippen LogP contribution in [0.4, 0.5) is 14.4 Å². The van der Waals surface area contributed by atoms with Crippen molar-refractivity contribution in [2.75, 3.05) is 80.4 Å². The highest BCUT2D eigenvalue weighted by atomic mass is 32.2. The van der Waals surface area contributed by atoms with E-state index in [0.717, 1.165) is 49.8 Å². The van der Waals surface area contributed by atoms with Gasteiger partial charge in [-0.05, 0) is 78.0 Å². The van der Waals surface area contributed by atoms with Crippen LogP contribution in [0, 0.1) is 11.8 Å². The molecule has 0 unspecified atom stereocenters. The summed E-state index contributed by atoms with van der Waals surface area (Å²) in [6.07, 6.45) is 2.24. The fourth-order valence-corrected chi connectivity index (χ4v) is 8.07. The molecule has 5 N–H and O–H groups in total. The van der Waals surface area contributed by atoms with Gasteiger partial charge in [0.1, 0.15) is 18.1 Å². The lowest BCUT2D eigenvalue weighted by Gasteiger charge is -2.36. The molecule has 0 aromatic rings. The van der Waals surface area contributed by atoms with Crippen molar-refractivity contribution in [2.45, 2.75) is 123 Å². The Labute approximate surface area is 382 Å². The topological polar surface area (TPSA) is 257 Å². The van der Waals surface area contributed by atoms with E-state index >= 15 is 0 Å². The molecule has 0 radical (unpaired) electrons. The zero-order valence-electron chi connectivity index (χ0n) is 39.9. The molecule has 1 heterocycles. The van der Waals surface area contributed by atoms with Crippen LogP contribution in [-0.4, -0.2) is 193 Å². The first-order valence-electron chi connectivity index (χ1n) is 21.9. The summed E-state index contributed by atoms with van der Waals surface area (Å²) in [6, 6.07) is -7.24. The maximum absolute atomic E-state index is 14.3. The first-order chi connectivity index (χ1) is 29.9. The maximum atomic E-state index is 14.3. The van der Waals surface area contributed by atoms with Crippen LogP contribution in [-0.2, 0) is 38.2 Å². The van der Waals surface area contributed by atoms with Gasteiger partial charge in [-0.2, -0.15) is 0 Å². The molecular weight excluding hydrogens is 855 g/mol. The minimum absolute atomic E-state index is 0.0651. The second-order valence-electron chi connectivity index (χ2n) is 17.0. The van der Waals surface area contributed by atoms with Crippen molar-refractivity contribution in [3.8, 4) is 0 Å². The quantitative estimate of drug-likeness (QED) is 0.0681. The van der Waals surface area contributed by atoms with Crippen LogP contribution in [0.25, 0.3) is 0 Å². The van der Waals surface area contributed by atoms with Crippen molar-refractivity contribution < 1.29 is 57.7 Å². The summed E-state index contributed by atoms with van der Waals surface area (Å²) < 4.78 is 10.8. The second-order valence-corrected chi connectivity index (χ2v) is 18.2. The SMILES string of the molecule is CCCC(=O)N(C)[C@H](SCC[C@H](CCCN1CCOCC1)C(=O)OCC)C(=O)N(C)[C@@H](CC(C)(C)O)C(=O)NC(=O)N(C)C(=O)NC(=O)N[C@@H](C)C(=O)N(C)[C@@H](CC(C)C)C(=O)NC. The van der Waals surface area contributed by atoms with E-state index in [9.17, 15) is 48.3 Å². The minimum Gasteiger partial charge on any atom is -0.466 e. The van der Waals surface area contributed by atoms with Gasteiger partial charge in [0.15, 0.2) is 5.37 Å². The van der Waals surface area contributed by atoms with Gasteiger partial charge in [0.05, 0.1) is 31.3 Å². The molecule has 22 heteroatoms. The summed E-state index contributed by atoms with van der Waals surface area (Å²) in [5, 5.41) is 18.4. The molecule has 64 heavy (non-hydrogen) atoms.